The van der Waals surface area contributed by atoms with Gasteiger partial charge in [-0.25, -0.2) is 4.98 Å². The number of nitrogens with one attached hydrogen (secondary N) is 1. The molecule has 6 rings (SSSR count). The molecule has 1 aromatic heterocycles. The van der Waals surface area contributed by atoms with Crippen LogP contribution in [0.5, 0.6) is 5.75 Å². The topological polar surface area (TPSA) is 82.5 Å². The largest absolute Gasteiger partial charge is 0.507 e. The number of phenolic OH excluding ortho intramolecular Hbond substituents is 1. The lowest BCUT2D eigenvalue weighted by Gasteiger charge is -2.43. The highest BCUT2D eigenvalue weighted by atomic mass is 35.5. The van der Waals surface area contributed by atoms with Crippen molar-refractivity contribution in [2.75, 3.05) is 5.43 Å². The molecular formula is C32H22Cl2F3N3O3. The maximum absolute atomic E-state index is 14.7. The monoisotopic (exact) mass is 623 g/mol. The molecule has 1 fully saturated rings. The van der Waals surface area contributed by atoms with Crippen molar-refractivity contribution < 1.29 is 27.9 Å². The molecule has 1 aliphatic carbocycles. The van der Waals surface area contributed by atoms with Crippen LogP contribution in [0.4, 0.5) is 19.0 Å². The number of amides is 2. The first-order valence-electron chi connectivity index (χ1n) is 13.2. The summed E-state index contributed by atoms with van der Waals surface area (Å²) in [6, 6.07) is 18.0. The molecule has 3 atom stereocenters. The Bertz CT molecular complexity index is 1840. The maximum Gasteiger partial charge on any atom is 0.417 e. The molecule has 43 heavy (non-hydrogen) atoms. The van der Waals surface area contributed by atoms with Crippen molar-refractivity contribution in [3.05, 3.63) is 124 Å². The summed E-state index contributed by atoms with van der Waals surface area (Å²) in [7, 11) is 0. The van der Waals surface area contributed by atoms with Gasteiger partial charge in [0.05, 0.1) is 21.9 Å². The molecule has 4 aromatic rings. The number of carbonyl (C=O) groups is 2. The van der Waals surface area contributed by atoms with Crippen molar-refractivity contribution in [1.29, 1.82) is 0 Å². The predicted octanol–water partition coefficient (Wildman–Crippen LogP) is 7.82. The van der Waals surface area contributed by atoms with E-state index < -0.39 is 45.8 Å². The van der Waals surface area contributed by atoms with Gasteiger partial charge in [0.1, 0.15) is 5.75 Å². The van der Waals surface area contributed by atoms with E-state index in [1.54, 1.807) is 48.5 Å². The second-order valence-corrected chi connectivity index (χ2v) is 11.2. The fourth-order valence-corrected chi connectivity index (χ4v) is 6.60. The van der Waals surface area contributed by atoms with Crippen LogP contribution in [0.25, 0.3) is 10.8 Å². The molecule has 11 heteroatoms. The van der Waals surface area contributed by atoms with Crippen LogP contribution < -0.4 is 5.43 Å². The predicted molar refractivity (Wildman–Crippen MR) is 158 cm³/mol. The van der Waals surface area contributed by atoms with Gasteiger partial charge in [-0.1, -0.05) is 90.5 Å². The molecule has 2 N–H and O–H groups in total. The van der Waals surface area contributed by atoms with E-state index in [-0.39, 0.29) is 18.0 Å². The molecular weight excluding hydrogens is 602 g/mol. The van der Waals surface area contributed by atoms with Crippen molar-refractivity contribution in [2.45, 2.75) is 23.9 Å². The minimum atomic E-state index is -4.69. The van der Waals surface area contributed by atoms with Crippen LogP contribution >= 0.6 is 23.2 Å². The quantitative estimate of drug-likeness (QED) is 0.222. The summed E-state index contributed by atoms with van der Waals surface area (Å²) < 4.78 is 39.7. The average Bonchev–Trinajstić information content (AvgIpc) is 3.20. The summed E-state index contributed by atoms with van der Waals surface area (Å²) >= 11 is 12.3. The van der Waals surface area contributed by atoms with Crippen LogP contribution in [-0.2, 0) is 21.2 Å². The highest BCUT2D eigenvalue weighted by Crippen LogP contribution is 2.59. The Hall–Kier alpha value is -4.34. The van der Waals surface area contributed by atoms with Gasteiger partial charge >= 0.3 is 6.18 Å². The molecule has 0 unspecified atom stereocenters. The first-order valence-corrected chi connectivity index (χ1v) is 13.9. The van der Waals surface area contributed by atoms with Gasteiger partial charge in [0.2, 0.25) is 0 Å². The first kappa shape index (κ1) is 28.8. The van der Waals surface area contributed by atoms with E-state index >= 15 is 0 Å². The summed E-state index contributed by atoms with van der Waals surface area (Å²) in [6.45, 7) is 3.96. The number of benzene rings is 3. The smallest absolute Gasteiger partial charge is 0.417 e. The van der Waals surface area contributed by atoms with E-state index in [1.807, 2.05) is 24.3 Å². The number of rotatable bonds is 5. The minimum absolute atomic E-state index is 0.0519. The summed E-state index contributed by atoms with van der Waals surface area (Å²) in [5.41, 5.74) is 1.37. The third-order valence-corrected chi connectivity index (χ3v) is 8.73. The third kappa shape index (κ3) is 4.46. The molecule has 218 valence electrons. The number of phenols is 1. The van der Waals surface area contributed by atoms with Crippen LogP contribution in [0.3, 0.4) is 0 Å². The SMILES string of the molecule is C=CC1=CC[C@H]2C(=O)N(Nc3ncc(C(F)(F)F)cc3Cl)C(=O)[C@@]2(c2ccc(Cl)cc2)[C@H]1c1ccc2ccccc2c1O. The highest BCUT2D eigenvalue weighted by Gasteiger charge is 2.66. The van der Waals surface area contributed by atoms with Crippen molar-refractivity contribution in [3.8, 4) is 5.75 Å². The minimum Gasteiger partial charge on any atom is -0.507 e. The number of aromatic hydroxyl groups is 1. The lowest BCUT2D eigenvalue weighted by atomic mass is 9.56. The van der Waals surface area contributed by atoms with E-state index in [0.29, 0.717) is 39.4 Å². The summed E-state index contributed by atoms with van der Waals surface area (Å²) in [5, 5.41) is 13.7. The zero-order valence-electron chi connectivity index (χ0n) is 22.2. The van der Waals surface area contributed by atoms with Crippen molar-refractivity contribution in [2.24, 2.45) is 5.92 Å². The van der Waals surface area contributed by atoms with E-state index in [2.05, 4.69) is 17.0 Å². The number of anilines is 1. The number of carbonyl (C=O) groups excluding carboxylic acids is 2. The number of fused-ring (bicyclic) bond motifs is 2. The second-order valence-electron chi connectivity index (χ2n) is 10.4. The summed E-state index contributed by atoms with van der Waals surface area (Å²) in [4.78, 5) is 32.6. The molecule has 1 aliphatic heterocycles. The van der Waals surface area contributed by atoms with Gasteiger partial charge in [-0.05, 0) is 41.1 Å². The molecule has 0 radical (unpaired) electrons. The molecule has 0 spiro atoms. The number of halogens is 5. The van der Waals surface area contributed by atoms with Crippen molar-refractivity contribution >= 4 is 51.6 Å². The van der Waals surface area contributed by atoms with Gasteiger partial charge in [-0.2, -0.15) is 18.2 Å². The number of hydrogen-bond acceptors (Lipinski definition) is 5. The first-order chi connectivity index (χ1) is 20.5. The summed E-state index contributed by atoms with van der Waals surface area (Å²) in [5.74, 6) is -3.54. The van der Waals surface area contributed by atoms with Gasteiger partial charge in [0, 0.05) is 28.1 Å². The van der Waals surface area contributed by atoms with Crippen LogP contribution in [0, 0.1) is 5.92 Å². The number of pyridine rings is 1. The molecule has 3 aromatic carbocycles. The van der Waals surface area contributed by atoms with E-state index in [1.165, 1.54) is 0 Å². The molecule has 1 saturated heterocycles. The Morgan fingerprint density at radius 1 is 1.07 bits per heavy atom. The Kier molecular flexibility index (Phi) is 6.98. The third-order valence-electron chi connectivity index (χ3n) is 8.19. The number of hydrazine groups is 1. The van der Waals surface area contributed by atoms with E-state index in [0.717, 1.165) is 10.4 Å². The van der Waals surface area contributed by atoms with Gasteiger partial charge in [-0.15, -0.1) is 0 Å². The van der Waals surface area contributed by atoms with Crippen LogP contribution in [0.15, 0.2) is 97.2 Å². The zero-order chi connectivity index (χ0) is 30.7. The summed E-state index contributed by atoms with van der Waals surface area (Å²) in [6.07, 6.45) is -0.581. The fraction of sp³-hybridized carbons (Fsp3) is 0.156. The molecule has 2 amide bonds. The lowest BCUT2D eigenvalue weighted by molar-refractivity contribution is -0.139. The highest BCUT2D eigenvalue weighted by molar-refractivity contribution is 6.33. The zero-order valence-corrected chi connectivity index (χ0v) is 23.7. The Labute approximate surface area is 254 Å². The van der Waals surface area contributed by atoms with Gasteiger partial charge < -0.3 is 5.11 Å². The lowest BCUT2D eigenvalue weighted by Crippen LogP contribution is -2.48. The Morgan fingerprint density at radius 2 is 1.79 bits per heavy atom. The normalized spacial score (nSPS) is 22.0. The van der Waals surface area contributed by atoms with Crippen molar-refractivity contribution in [3.63, 3.8) is 0 Å². The number of aromatic nitrogens is 1. The van der Waals surface area contributed by atoms with Crippen LogP contribution in [0.1, 0.15) is 29.0 Å². The van der Waals surface area contributed by atoms with Gasteiger partial charge in [0.25, 0.3) is 11.8 Å². The molecule has 0 saturated carbocycles. The van der Waals surface area contributed by atoms with Crippen LogP contribution in [-0.4, -0.2) is 26.9 Å². The average molecular weight is 624 g/mol. The van der Waals surface area contributed by atoms with E-state index in [4.69, 9.17) is 23.2 Å². The maximum atomic E-state index is 14.7. The molecule has 6 nitrogen and oxygen atoms in total. The van der Waals surface area contributed by atoms with Crippen LogP contribution in [0.2, 0.25) is 10.0 Å². The second kappa shape index (κ2) is 10.4. The number of alkyl halides is 3. The molecule has 2 heterocycles. The number of imide groups is 1. The number of nitrogens with zero attached hydrogens (tertiary/aromatic N) is 2. The fourth-order valence-electron chi connectivity index (χ4n) is 6.27. The number of allylic oxidation sites excluding steroid dienone is 3. The Balaban J connectivity index is 1.56. The van der Waals surface area contributed by atoms with Crippen molar-refractivity contribution in [1.82, 2.24) is 9.99 Å². The van der Waals surface area contributed by atoms with Gasteiger partial charge in [0.15, 0.2) is 5.82 Å². The number of hydrogen-bond donors (Lipinski definition) is 2. The van der Waals surface area contributed by atoms with Gasteiger partial charge in [-0.3, -0.25) is 15.0 Å². The Morgan fingerprint density at radius 3 is 2.47 bits per heavy atom. The standard InChI is InChI=1S/C32H22Cl2F3N3O3/c1-2-17-8-14-24-29(42)40(39-28-25(34)15-20(16-38-28)32(35,36)37)30(43)31(24,19-9-11-21(33)12-10-19)26(17)23-13-7-18-5-3-4-6-22(18)27(23)41/h2-13,15-16,24,26,41H,1,14H2,(H,38,39)/t24-,26+,31+/m0/s1. The molecule has 2 aliphatic rings. The van der Waals surface area contributed by atoms with E-state index in [9.17, 15) is 27.9 Å². The molecule has 0 bridgehead atoms.